The first-order valence-electron chi connectivity index (χ1n) is 13.6. The van der Waals surface area contributed by atoms with E-state index in [1.54, 1.807) is 13.0 Å². The second kappa shape index (κ2) is 8.98. The Hall–Kier alpha value is -4.58. The smallest absolute Gasteiger partial charge is 0.234 e. The van der Waals surface area contributed by atoms with Gasteiger partial charge in [-0.05, 0) is 54.3 Å². The molecule has 198 valence electrons. The van der Waals surface area contributed by atoms with E-state index in [2.05, 4.69) is 0 Å². The number of nitrogens with zero attached hydrogens (tertiary/aromatic N) is 1. The number of hydrogen-bond donors (Lipinski definition) is 1. The molecule has 1 N–H and O–H groups in total. The Morgan fingerprint density at radius 2 is 1.57 bits per heavy atom. The van der Waals surface area contributed by atoms with Gasteiger partial charge >= 0.3 is 0 Å². The second-order valence-electron chi connectivity index (χ2n) is 11.2. The molecule has 3 aliphatic carbocycles. The molecule has 0 aromatic heterocycles. The number of hydrogen-bond acceptors (Lipinski definition) is 5. The molecule has 1 aliphatic heterocycles. The van der Waals surface area contributed by atoms with Gasteiger partial charge in [-0.2, -0.15) is 0 Å². The minimum Gasteiger partial charge on any atom is -0.507 e. The van der Waals surface area contributed by atoms with Crippen LogP contribution in [0.1, 0.15) is 36.8 Å². The number of allylic oxidation sites excluding steroid dienone is 6. The fraction of sp³-hybridized carbons (Fsp3) is 0.235. The molecule has 0 radical (unpaired) electrons. The fourth-order valence-electron chi connectivity index (χ4n) is 7.26. The second-order valence-corrected chi connectivity index (χ2v) is 11.2. The number of carbonyl (C=O) groups excluding carboxylic acids is 4. The van der Waals surface area contributed by atoms with E-state index in [0.29, 0.717) is 28.5 Å². The van der Waals surface area contributed by atoms with Gasteiger partial charge in [0, 0.05) is 28.0 Å². The molecular formula is C34H27NO5. The summed E-state index contributed by atoms with van der Waals surface area (Å²) in [7, 11) is 0. The number of fused-ring (bicyclic) bond motifs is 4. The lowest BCUT2D eigenvalue weighted by Crippen LogP contribution is -2.39. The van der Waals surface area contributed by atoms with E-state index < -0.39 is 17.8 Å². The zero-order chi connectivity index (χ0) is 27.7. The lowest BCUT2D eigenvalue weighted by Gasteiger charge is -2.42. The third-order valence-electron chi connectivity index (χ3n) is 9.09. The minimum atomic E-state index is -0.592. The van der Waals surface area contributed by atoms with Crippen LogP contribution in [0.2, 0.25) is 0 Å². The van der Waals surface area contributed by atoms with Crippen LogP contribution in [0.3, 0.4) is 0 Å². The number of likely N-dealkylation sites (tertiary alicyclic amines) is 1. The summed E-state index contributed by atoms with van der Waals surface area (Å²) in [6, 6.07) is 20.4. The molecular weight excluding hydrogens is 502 g/mol. The molecule has 0 spiro atoms. The van der Waals surface area contributed by atoms with Crippen LogP contribution in [-0.4, -0.2) is 33.4 Å². The predicted molar refractivity (Wildman–Crippen MR) is 149 cm³/mol. The van der Waals surface area contributed by atoms with Gasteiger partial charge in [0.2, 0.25) is 11.8 Å². The van der Waals surface area contributed by atoms with Crippen molar-refractivity contribution in [2.75, 3.05) is 0 Å². The van der Waals surface area contributed by atoms with E-state index in [1.807, 2.05) is 66.7 Å². The molecule has 2 amide bonds. The quantitative estimate of drug-likeness (QED) is 0.287. The van der Waals surface area contributed by atoms with Gasteiger partial charge in [-0.3, -0.25) is 24.1 Å². The number of ketones is 2. The van der Waals surface area contributed by atoms with Gasteiger partial charge in [0.25, 0.3) is 0 Å². The van der Waals surface area contributed by atoms with Gasteiger partial charge in [0.05, 0.1) is 18.4 Å². The van der Waals surface area contributed by atoms with Gasteiger partial charge in [-0.25, -0.2) is 0 Å². The molecule has 4 aliphatic rings. The van der Waals surface area contributed by atoms with Crippen LogP contribution in [0.15, 0.2) is 101 Å². The number of carbonyl (C=O) groups is 4. The topological polar surface area (TPSA) is 91.8 Å². The number of aromatic hydroxyl groups is 1. The highest BCUT2D eigenvalue weighted by Crippen LogP contribution is 2.56. The first-order valence-corrected chi connectivity index (χ1v) is 13.6. The molecule has 0 saturated carbocycles. The van der Waals surface area contributed by atoms with E-state index in [1.165, 1.54) is 11.0 Å². The SMILES string of the molecule is CC1=CC(=O)C2=C(C1=O)C(c1ccc(O)c3ccccc13)C1=CCC3C(=O)N(Cc4ccccc4)C(=O)C3C1C2. The van der Waals surface area contributed by atoms with Crippen molar-refractivity contribution in [3.05, 3.63) is 112 Å². The minimum absolute atomic E-state index is 0.133. The van der Waals surface area contributed by atoms with Gasteiger partial charge in [-0.15, -0.1) is 0 Å². The van der Waals surface area contributed by atoms with Crippen LogP contribution < -0.4 is 0 Å². The van der Waals surface area contributed by atoms with Crippen molar-refractivity contribution >= 4 is 34.2 Å². The molecule has 1 fully saturated rings. The first-order chi connectivity index (χ1) is 19.3. The van der Waals surface area contributed by atoms with E-state index in [0.717, 1.165) is 22.1 Å². The molecule has 3 aromatic carbocycles. The van der Waals surface area contributed by atoms with Crippen LogP contribution in [0.25, 0.3) is 10.8 Å². The fourth-order valence-corrected chi connectivity index (χ4v) is 7.26. The molecule has 1 saturated heterocycles. The number of phenolic OH excluding ortho intramolecular Hbond substituents is 1. The van der Waals surface area contributed by atoms with Crippen molar-refractivity contribution in [1.82, 2.24) is 4.90 Å². The van der Waals surface area contributed by atoms with Crippen LogP contribution in [0.5, 0.6) is 5.75 Å². The molecule has 6 nitrogen and oxygen atoms in total. The average Bonchev–Trinajstić information content (AvgIpc) is 3.21. The highest BCUT2D eigenvalue weighted by Gasteiger charge is 2.56. The maximum absolute atomic E-state index is 13.9. The summed E-state index contributed by atoms with van der Waals surface area (Å²) in [4.78, 5) is 55.9. The average molecular weight is 530 g/mol. The standard InChI is InChI=1S/C34H27NO5/c1-18-15-28(37)26-16-25-23(11-12-24-30(25)34(40)35(33(24)39)17-19-7-3-2-4-8-19)29(31(26)32(18)38)22-13-14-27(36)21-10-6-5-9-20(21)22/h2-11,13-15,24-25,29-30,36H,12,16-17H2,1H3. The maximum Gasteiger partial charge on any atom is 0.234 e. The van der Waals surface area contributed by atoms with Gasteiger partial charge < -0.3 is 5.11 Å². The maximum atomic E-state index is 13.9. The van der Waals surface area contributed by atoms with E-state index in [-0.39, 0.29) is 48.0 Å². The molecule has 1 heterocycles. The van der Waals surface area contributed by atoms with E-state index in [9.17, 15) is 24.3 Å². The summed E-state index contributed by atoms with van der Waals surface area (Å²) >= 11 is 0. The zero-order valence-electron chi connectivity index (χ0n) is 22.0. The van der Waals surface area contributed by atoms with Crippen LogP contribution in [-0.2, 0) is 25.7 Å². The number of imide groups is 1. The third kappa shape index (κ3) is 3.48. The molecule has 0 bridgehead atoms. The summed E-state index contributed by atoms with van der Waals surface area (Å²) in [6.45, 7) is 1.88. The van der Waals surface area contributed by atoms with Gasteiger partial charge in [-0.1, -0.05) is 72.3 Å². The highest BCUT2D eigenvalue weighted by atomic mass is 16.3. The van der Waals surface area contributed by atoms with Crippen LogP contribution in [0, 0.1) is 17.8 Å². The van der Waals surface area contributed by atoms with Crippen molar-refractivity contribution in [3.8, 4) is 5.75 Å². The Morgan fingerprint density at radius 1 is 0.850 bits per heavy atom. The summed E-state index contributed by atoms with van der Waals surface area (Å²) < 4.78 is 0. The van der Waals surface area contributed by atoms with Crippen molar-refractivity contribution in [3.63, 3.8) is 0 Å². The normalized spacial score (nSPS) is 26.0. The third-order valence-corrected chi connectivity index (χ3v) is 9.09. The van der Waals surface area contributed by atoms with Crippen molar-refractivity contribution in [2.45, 2.75) is 32.2 Å². The molecule has 3 aromatic rings. The Kier molecular flexibility index (Phi) is 5.49. The predicted octanol–water partition coefficient (Wildman–Crippen LogP) is 5.18. The summed E-state index contributed by atoms with van der Waals surface area (Å²) in [5.41, 5.74) is 3.89. The summed E-state index contributed by atoms with van der Waals surface area (Å²) in [6.07, 6.45) is 4.08. The van der Waals surface area contributed by atoms with E-state index >= 15 is 0 Å². The number of phenols is 1. The zero-order valence-corrected chi connectivity index (χ0v) is 22.0. The summed E-state index contributed by atoms with van der Waals surface area (Å²) in [5.74, 6) is -2.65. The molecule has 6 heteroatoms. The number of Topliss-reactive ketones (excluding diaryl/α,β-unsaturated/α-hetero) is 1. The van der Waals surface area contributed by atoms with Crippen LogP contribution in [0.4, 0.5) is 0 Å². The molecule has 4 atom stereocenters. The Bertz CT molecular complexity index is 1740. The number of rotatable bonds is 3. The van der Waals surface area contributed by atoms with Crippen LogP contribution >= 0.6 is 0 Å². The lowest BCUT2D eigenvalue weighted by atomic mass is 9.59. The van der Waals surface area contributed by atoms with Gasteiger partial charge in [0.1, 0.15) is 5.75 Å². The summed E-state index contributed by atoms with van der Waals surface area (Å²) in [5, 5.41) is 12.0. The largest absolute Gasteiger partial charge is 0.507 e. The molecule has 7 rings (SSSR count). The monoisotopic (exact) mass is 529 g/mol. The lowest BCUT2D eigenvalue weighted by molar-refractivity contribution is -0.140. The Balaban J connectivity index is 1.38. The first kappa shape index (κ1) is 24.5. The highest BCUT2D eigenvalue weighted by molar-refractivity contribution is 6.24. The number of amides is 2. The van der Waals surface area contributed by atoms with Crippen molar-refractivity contribution in [2.24, 2.45) is 17.8 Å². The molecule has 4 unspecified atom stereocenters. The Morgan fingerprint density at radius 3 is 2.35 bits per heavy atom. The Labute approximate surface area is 231 Å². The van der Waals surface area contributed by atoms with Crippen molar-refractivity contribution in [1.29, 1.82) is 0 Å². The molecule has 40 heavy (non-hydrogen) atoms. The van der Waals surface area contributed by atoms with Gasteiger partial charge in [0.15, 0.2) is 11.6 Å². The van der Waals surface area contributed by atoms with Crippen molar-refractivity contribution < 1.29 is 24.3 Å². The number of benzene rings is 3. The van der Waals surface area contributed by atoms with E-state index in [4.69, 9.17) is 0 Å².